The third-order valence-corrected chi connectivity index (χ3v) is 0. The Hall–Kier alpha value is 0.796. The average molecular weight is 117 g/mol. The molecule has 0 aromatic rings. The van der Waals surface area contributed by atoms with Gasteiger partial charge in [0.05, 0.1) is 0 Å². The van der Waals surface area contributed by atoms with Crippen LogP contribution in [0, 0.1) is 14.0 Å². The van der Waals surface area contributed by atoms with Gasteiger partial charge in [-0.2, -0.15) is 0 Å². The SMILES string of the molecule is Cl.[CH-]=CC.[CH3-].[Mg+2]. The quantitative estimate of drug-likeness (QED) is 0.333. The van der Waals surface area contributed by atoms with Crippen LogP contribution in [-0.4, -0.2) is 23.1 Å². The molecule has 0 rings (SSSR count). The van der Waals surface area contributed by atoms with Gasteiger partial charge in [-0.25, -0.2) is 0 Å². The molecule has 0 N–H and O–H groups in total. The van der Waals surface area contributed by atoms with E-state index in [0.29, 0.717) is 0 Å². The summed E-state index contributed by atoms with van der Waals surface area (Å²) in [5.41, 5.74) is 0. The Morgan fingerprint density at radius 3 is 1.50 bits per heavy atom. The van der Waals surface area contributed by atoms with E-state index in [-0.39, 0.29) is 42.9 Å². The second kappa shape index (κ2) is 41.3. The summed E-state index contributed by atoms with van der Waals surface area (Å²) in [6, 6.07) is 0. The van der Waals surface area contributed by atoms with Crippen LogP contribution in [0.5, 0.6) is 0 Å². The molecule has 0 radical (unpaired) electrons. The van der Waals surface area contributed by atoms with Crippen molar-refractivity contribution in [3.63, 3.8) is 0 Å². The maximum Gasteiger partial charge on any atom is 2.00 e. The minimum absolute atomic E-state index is 0. The van der Waals surface area contributed by atoms with Crippen molar-refractivity contribution in [2.45, 2.75) is 6.92 Å². The zero-order chi connectivity index (χ0) is 2.71. The second-order valence-electron chi connectivity index (χ2n) is 0.333. The van der Waals surface area contributed by atoms with Crippen LogP contribution in [0.2, 0.25) is 0 Å². The summed E-state index contributed by atoms with van der Waals surface area (Å²) in [6.07, 6.45) is 1.50. The molecule has 0 unspecified atom stereocenters. The zero-order valence-corrected chi connectivity index (χ0v) is 6.50. The smallest absolute Gasteiger partial charge is 0.518 e. The summed E-state index contributed by atoms with van der Waals surface area (Å²) in [7, 11) is 0. The summed E-state index contributed by atoms with van der Waals surface area (Å²) in [5.74, 6) is 0. The number of hydrogen-bond acceptors (Lipinski definition) is 0. The molecule has 0 spiro atoms. The van der Waals surface area contributed by atoms with Gasteiger partial charge >= 0.3 is 23.1 Å². The molecule has 0 fully saturated rings. The Kier molecular flexibility index (Phi) is 201. The maximum absolute atomic E-state index is 4.72. The molecule has 0 heterocycles. The number of hydrogen-bond donors (Lipinski definition) is 0. The van der Waals surface area contributed by atoms with E-state index in [1.165, 1.54) is 6.08 Å². The fourth-order valence-corrected chi connectivity index (χ4v) is 0. The van der Waals surface area contributed by atoms with Gasteiger partial charge < -0.3 is 14.0 Å². The van der Waals surface area contributed by atoms with Crippen molar-refractivity contribution >= 4 is 35.5 Å². The van der Waals surface area contributed by atoms with E-state index in [1.807, 2.05) is 0 Å². The molecular formula is C4H9ClMg. The Bertz CT molecular complexity index is 15.0. The van der Waals surface area contributed by atoms with Crippen molar-refractivity contribution in [2.75, 3.05) is 0 Å². The summed E-state index contributed by atoms with van der Waals surface area (Å²) >= 11 is 0. The zero-order valence-electron chi connectivity index (χ0n) is 4.27. The van der Waals surface area contributed by atoms with Crippen LogP contribution < -0.4 is 0 Å². The van der Waals surface area contributed by atoms with Crippen molar-refractivity contribution in [3.05, 3.63) is 20.1 Å². The molecule has 0 aliphatic carbocycles. The van der Waals surface area contributed by atoms with Gasteiger partial charge in [-0.05, 0) is 0 Å². The Morgan fingerprint density at radius 2 is 1.50 bits per heavy atom. The summed E-state index contributed by atoms with van der Waals surface area (Å²) < 4.78 is 0. The fraction of sp³-hybridized carbons (Fsp3) is 0.250. The standard InChI is InChI=1S/C3H5.CH3.ClH.Mg/c1-3-2;;;/h1,3H,2H3;1H3;1H;/q2*-1;;+2. The summed E-state index contributed by atoms with van der Waals surface area (Å²) in [4.78, 5) is 0. The predicted molar refractivity (Wildman–Crippen MR) is 34.0 cm³/mol. The van der Waals surface area contributed by atoms with Gasteiger partial charge in [0, 0.05) is 0 Å². The number of allylic oxidation sites excluding steroid dienone is 1. The van der Waals surface area contributed by atoms with E-state index in [1.54, 1.807) is 6.92 Å². The Labute approximate surface area is 62.6 Å². The van der Waals surface area contributed by atoms with Crippen LogP contribution >= 0.6 is 12.4 Å². The molecule has 0 aliphatic heterocycles. The second-order valence-corrected chi connectivity index (χ2v) is 0.333. The normalized spacial score (nSPS) is 2.17. The van der Waals surface area contributed by atoms with Crippen LogP contribution in [0.25, 0.3) is 0 Å². The first kappa shape index (κ1) is 29.2. The van der Waals surface area contributed by atoms with E-state index < -0.39 is 0 Å². The van der Waals surface area contributed by atoms with Crippen LogP contribution in [0.4, 0.5) is 0 Å². The molecule has 2 heteroatoms. The van der Waals surface area contributed by atoms with E-state index in [2.05, 4.69) is 0 Å². The minimum Gasteiger partial charge on any atom is -0.518 e. The van der Waals surface area contributed by atoms with Gasteiger partial charge in [0.25, 0.3) is 0 Å². The van der Waals surface area contributed by atoms with E-state index in [0.717, 1.165) is 0 Å². The first-order chi connectivity index (χ1) is 1.41. The average Bonchev–Trinajstić information content (AvgIpc) is 0.918. The van der Waals surface area contributed by atoms with E-state index in [4.69, 9.17) is 6.58 Å². The molecule has 34 valence electrons. The van der Waals surface area contributed by atoms with E-state index in [9.17, 15) is 0 Å². The van der Waals surface area contributed by atoms with Gasteiger partial charge in [-0.1, -0.05) is 6.92 Å². The van der Waals surface area contributed by atoms with Crippen molar-refractivity contribution in [1.82, 2.24) is 0 Å². The topological polar surface area (TPSA) is 0 Å². The van der Waals surface area contributed by atoms with E-state index >= 15 is 0 Å². The third kappa shape index (κ3) is 109. The predicted octanol–water partition coefficient (Wildman–Crippen LogP) is 1.49. The molecule has 6 heavy (non-hydrogen) atoms. The molecule has 0 atom stereocenters. The number of rotatable bonds is 0. The van der Waals surface area contributed by atoms with Crippen molar-refractivity contribution in [3.8, 4) is 0 Å². The van der Waals surface area contributed by atoms with Crippen LogP contribution in [-0.2, 0) is 0 Å². The molecule has 0 nitrogen and oxygen atoms in total. The van der Waals surface area contributed by atoms with Crippen molar-refractivity contribution in [2.24, 2.45) is 0 Å². The Morgan fingerprint density at radius 1 is 1.50 bits per heavy atom. The minimum atomic E-state index is 0. The van der Waals surface area contributed by atoms with Crippen LogP contribution in [0.3, 0.4) is 0 Å². The van der Waals surface area contributed by atoms with Crippen LogP contribution in [0.1, 0.15) is 6.92 Å². The van der Waals surface area contributed by atoms with Gasteiger partial charge in [-0.3, -0.25) is 6.08 Å². The monoisotopic (exact) mass is 116 g/mol. The van der Waals surface area contributed by atoms with Crippen molar-refractivity contribution in [1.29, 1.82) is 0 Å². The van der Waals surface area contributed by atoms with Crippen LogP contribution in [0.15, 0.2) is 6.08 Å². The third-order valence-electron chi connectivity index (χ3n) is 0. The fourth-order valence-electron chi connectivity index (χ4n) is 0. The largest absolute Gasteiger partial charge is 2.00 e. The summed E-state index contributed by atoms with van der Waals surface area (Å²) in [5, 5.41) is 0. The van der Waals surface area contributed by atoms with Crippen molar-refractivity contribution < 1.29 is 0 Å². The first-order valence-electron chi connectivity index (χ1n) is 0.911. The van der Waals surface area contributed by atoms with Gasteiger partial charge in [0.15, 0.2) is 0 Å². The molecule has 0 aromatic heterocycles. The van der Waals surface area contributed by atoms with Gasteiger partial charge in [-0.15, -0.1) is 12.4 Å². The summed E-state index contributed by atoms with van der Waals surface area (Å²) in [6.45, 7) is 6.50. The Balaban J connectivity index is -0.00000000667. The number of halogens is 1. The molecule has 0 aliphatic rings. The maximum atomic E-state index is 4.72. The molecule has 0 saturated heterocycles. The molecule has 0 amide bonds. The van der Waals surface area contributed by atoms with Gasteiger partial charge in [0.2, 0.25) is 0 Å². The van der Waals surface area contributed by atoms with Gasteiger partial charge in [0.1, 0.15) is 0 Å². The molecule has 0 saturated carbocycles. The molecular weight excluding hydrogens is 108 g/mol. The molecule has 0 bridgehead atoms. The first-order valence-corrected chi connectivity index (χ1v) is 0.911. The molecule has 0 aromatic carbocycles.